The van der Waals surface area contributed by atoms with Crippen LogP contribution >= 0.6 is 0 Å². The summed E-state index contributed by atoms with van der Waals surface area (Å²) < 4.78 is 0. The predicted octanol–water partition coefficient (Wildman–Crippen LogP) is 2.65. The van der Waals surface area contributed by atoms with E-state index in [2.05, 4.69) is 10.3 Å². The summed E-state index contributed by atoms with van der Waals surface area (Å²) in [5.74, 6) is -2.39. The Morgan fingerprint density at radius 3 is 2.56 bits per heavy atom. The molecule has 3 aromatic rings. The lowest BCUT2D eigenvalue weighted by Crippen LogP contribution is -2.32. The van der Waals surface area contributed by atoms with Gasteiger partial charge >= 0.3 is 0 Å². The van der Waals surface area contributed by atoms with E-state index in [0.717, 1.165) is 22.2 Å². The van der Waals surface area contributed by atoms with Crippen molar-refractivity contribution in [3.8, 4) is 0 Å². The number of rotatable bonds is 2. The van der Waals surface area contributed by atoms with Gasteiger partial charge < -0.3 is 4.98 Å². The van der Waals surface area contributed by atoms with Gasteiger partial charge in [0, 0.05) is 40.6 Å². The summed E-state index contributed by atoms with van der Waals surface area (Å²) in [6.07, 6.45) is 0.420. The van der Waals surface area contributed by atoms with Crippen molar-refractivity contribution < 1.29 is 14.5 Å². The average Bonchev–Trinajstić information content (AvgIpc) is 3.17. The van der Waals surface area contributed by atoms with Crippen LogP contribution in [0.15, 0.2) is 48.5 Å². The summed E-state index contributed by atoms with van der Waals surface area (Å²) in [6, 6.07) is 14.2. The molecule has 1 fully saturated rings. The van der Waals surface area contributed by atoms with Crippen LogP contribution in [-0.4, -0.2) is 21.7 Å². The molecule has 0 bridgehead atoms. The molecule has 5 rings (SSSR count). The summed E-state index contributed by atoms with van der Waals surface area (Å²) in [7, 11) is 0. The molecule has 1 saturated heterocycles. The molecule has 0 saturated carbocycles. The van der Waals surface area contributed by atoms with E-state index in [4.69, 9.17) is 0 Å². The number of para-hydroxylation sites is 2. The van der Waals surface area contributed by atoms with Crippen LogP contribution < -0.4 is 5.32 Å². The number of carbonyl (C=O) groups excluding carboxylic acids is 2. The van der Waals surface area contributed by atoms with E-state index in [1.807, 2.05) is 24.3 Å². The number of fused-ring (bicyclic) bond motifs is 4. The van der Waals surface area contributed by atoms with Crippen molar-refractivity contribution in [3.63, 3.8) is 0 Å². The van der Waals surface area contributed by atoms with Gasteiger partial charge in [-0.25, -0.2) is 0 Å². The predicted molar refractivity (Wildman–Crippen MR) is 97.1 cm³/mol. The first-order chi connectivity index (χ1) is 13.1. The molecule has 0 unspecified atom stereocenters. The van der Waals surface area contributed by atoms with Gasteiger partial charge in [-0.15, -0.1) is 0 Å². The monoisotopic (exact) mass is 361 g/mol. The second-order valence-corrected chi connectivity index (χ2v) is 7.05. The highest BCUT2D eigenvalue weighted by atomic mass is 16.6. The van der Waals surface area contributed by atoms with Crippen molar-refractivity contribution in [1.82, 2.24) is 10.3 Å². The Morgan fingerprint density at radius 2 is 1.74 bits per heavy atom. The zero-order valence-corrected chi connectivity index (χ0v) is 14.1. The Morgan fingerprint density at radius 1 is 1.00 bits per heavy atom. The highest BCUT2D eigenvalue weighted by molar-refractivity contribution is 6.07. The molecule has 2 heterocycles. The van der Waals surface area contributed by atoms with Gasteiger partial charge in [0.15, 0.2) is 0 Å². The molecule has 1 aliphatic heterocycles. The lowest BCUT2D eigenvalue weighted by molar-refractivity contribution is -0.385. The summed E-state index contributed by atoms with van der Waals surface area (Å²) in [5.41, 5.74) is 3.08. The minimum Gasteiger partial charge on any atom is -0.358 e. The van der Waals surface area contributed by atoms with Crippen molar-refractivity contribution >= 4 is 28.4 Å². The minimum absolute atomic E-state index is 0.0356. The Labute approximate surface area is 153 Å². The fraction of sp³-hybridized carbons (Fsp3) is 0.200. The van der Waals surface area contributed by atoms with E-state index in [1.165, 1.54) is 6.07 Å². The molecule has 2 aromatic carbocycles. The third-order valence-corrected chi connectivity index (χ3v) is 5.71. The van der Waals surface area contributed by atoms with Gasteiger partial charge in [-0.2, -0.15) is 0 Å². The molecule has 2 aliphatic rings. The summed E-state index contributed by atoms with van der Waals surface area (Å²) in [5, 5.41) is 15.0. The molecular weight excluding hydrogens is 346 g/mol. The highest BCUT2D eigenvalue weighted by Gasteiger charge is 2.52. The highest BCUT2D eigenvalue weighted by Crippen LogP contribution is 2.50. The van der Waals surface area contributed by atoms with Crippen molar-refractivity contribution in [2.75, 3.05) is 0 Å². The van der Waals surface area contributed by atoms with Crippen molar-refractivity contribution in [3.05, 3.63) is 75.5 Å². The molecule has 2 N–H and O–H groups in total. The van der Waals surface area contributed by atoms with Crippen LogP contribution in [-0.2, 0) is 16.0 Å². The maximum atomic E-state index is 12.6. The summed E-state index contributed by atoms with van der Waals surface area (Å²) >= 11 is 0. The van der Waals surface area contributed by atoms with Crippen LogP contribution in [0.4, 0.5) is 5.69 Å². The van der Waals surface area contributed by atoms with Gasteiger partial charge in [0.25, 0.3) is 5.69 Å². The molecule has 0 radical (unpaired) electrons. The lowest BCUT2D eigenvalue weighted by Gasteiger charge is -2.31. The fourth-order valence-corrected chi connectivity index (χ4v) is 4.65. The van der Waals surface area contributed by atoms with Crippen molar-refractivity contribution in [2.24, 2.45) is 11.8 Å². The zero-order chi connectivity index (χ0) is 18.7. The molecule has 2 amide bonds. The number of nitro groups is 1. The number of imide groups is 1. The largest absolute Gasteiger partial charge is 0.358 e. The topological polar surface area (TPSA) is 105 Å². The third kappa shape index (κ3) is 2.14. The number of nitrogens with zero attached hydrogens (tertiary/aromatic N) is 1. The number of H-pyrrole nitrogens is 1. The van der Waals surface area contributed by atoms with Crippen LogP contribution in [0.2, 0.25) is 0 Å². The van der Waals surface area contributed by atoms with E-state index in [9.17, 15) is 19.7 Å². The first kappa shape index (κ1) is 15.7. The quantitative estimate of drug-likeness (QED) is 0.416. The van der Waals surface area contributed by atoms with Gasteiger partial charge in [0.05, 0.1) is 16.8 Å². The maximum absolute atomic E-state index is 12.6. The molecule has 0 spiro atoms. The minimum atomic E-state index is -0.648. The van der Waals surface area contributed by atoms with Gasteiger partial charge in [-0.1, -0.05) is 36.4 Å². The van der Waals surface area contributed by atoms with Crippen LogP contribution in [0.3, 0.4) is 0 Å². The number of nitrogens with one attached hydrogen (secondary N) is 2. The van der Waals surface area contributed by atoms with E-state index in [0.29, 0.717) is 12.0 Å². The number of carbonyl (C=O) groups is 2. The zero-order valence-electron chi connectivity index (χ0n) is 14.1. The maximum Gasteiger partial charge on any atom is 0.273 e. The molecule has 27 heavy (non-hydrogen) atoms. The molecule has 134 valence electrons. The number of nitro benzene ring substituents is 1. The fourth-order valence-electron chi connectivity index (χ4n) is 4.65. The lowest BCUT2D eigenvalue weighted by atomic mass is 9.68. The van der Waals surface area contributed by atoms with E-state index in [1.54, 1.807) is 18.2 Å². The first-order valence-corrected chi connectivity index (χ1v) is 8.73. The Bertz CT molecular complexity index is 1130. The number of hydrogen-bond acceptors (Lipinski definition) is 4. The standard InChI is InChI=1S/C20H15N3O4/c24-19-12-9-14-16(10-5-1-3-7-13(10)21-14)17(18(12)20(25)22-19)11-6-2-4-8-15(11)23(26)27/h1-8,12,17-18,21H,9H2,(H,22,24,25)/t12-,17+,18-/m1/s1. The molecular formula is C20H15N3O4. The van der Waals surface area contributed by atoms with Crippen LogP contribution in [0, 0.1) is 22.0 Å². The number of aromatic nitrogens is 1. The number of benzene rings is 2. The Balaban J connectivity index is 1.83. The normalized spacial score (nSPS) is 23.8. The van der Waals surface area contributed by atoms with E-state index in [-0.39, 0.29) is 17.5 Å². The molecule has 3 atom stereocenters. The second-order valence-electron chi connectivity index (χ2n) is 7.05. The Hall–Kier alpha value is -3.48. The summed E-state index contributed by atoms with van der Waals surface area (Å²) in [6.45, 7) is 0. The SMILES string of the molecule is O=C1NC(=O)[C@@H]2Cc3[nH]c4ccccc4c3[C@H](c3ccccc3[N+](=O)[O-])[C@H]12. The third-order valence-electron chi connectivity index (χ3n) is 5.71. The molecule has 7 heteroatoms. The van der Waals surface area contributed by atoms with Gasteiger partial charge in [-0.05, 0) is 11.6 Å². The number of aromatic amines is 1. The average molecular weight is 361 g/mol. The van der Waals surface area contributed by atoms with Crippen molar-refractivity contribution in [1.29, 1.82) is 0 Å². The second kappa shape index (κ2) is 5.51. The van der Waals surface area contributed by atoms with Crippen LogP contribution in [0.1, 0.15) is 22.7 Å². The van der Waals surface area contributed by atoms with Crippen LogP contribution in [0.5, 0.6) is 0 Å². The molecule has 7 nitrogen and oxygen atoms in total. The summed E-state index contributed by atoms with van der Waals surface area (Å²) in [4.78, 5) is 39.6. The molecule has 1 aliphatic carbocycles. The van der Waals surface area contributed by atoms with Crippen molar-refractivity contribution in [2.45, 2.75) is 12.3 Å². The van der Waals surface area contributed by atoms with Crippen LogP contribution in [0.25, 0.3) is 10.9 Å². The van der Waals surface area contributed by atoms with E-state index >= 15 is 0 Å². The Kier molecular flexibility index (Phi) is 3.21. The smallest absolute Gasteiger partial charge is 0.273 e. The van der Waals surface area contributed by atoms with E-state index < -0.39 is 22.7 Å². The number of hydrogen-bond donors (Lipinski definition) is 2. The number of amides is 2. The van der Waals surface area contributed by atoms with Gasteiger partial charge in [0.2, 0.25) is 11.8 Å². The van der Waals surface area contributed by atoms with Gasteiger partial charge in [0.1, 0.15) is 0 Å². The van der Waals surface area contributed by atoms with Gasteiger partial charge in [-0.3, -0.25) is 25.0 Å². The first-order valence-electron chi connectivity index (χ1n) is 8.73. The molecule has 1 aromatic heterocycles.